The fourth-order valence-electron chi connectivity index (χ4n) is 6.22. The topological polar surface area (TPSA) is 57.5 Å². The SMILES string of the molecule is C[C@]12CCC(=O)C=C1CCC1C2=CC[C@@]2(C)C1CC[C@@]2(O)CO. The standard InChI is InChI=1S/C20H28O3/c1-18-8-5-14(22)11-13(18)3-4-15-16(18)6-9-19(2)17(15)7-10-20(19,23)12-21/h6,11,15,17,21,23H,3-5,7-10,12H2,1-2H3/t15?,17?,18-,19-,20+/m0/s1. The second-order valence-electron chi connectivity index (χ2n) is 8.73. The van der Waals surface area contributed by atoms with Gasteiger partial charge in [-0.05, 0) is 56.4 Å². The molecule has 0 radical (unpaired) electrons. The Hall–Kier alpha value is -0.930. The van der Waals surface area contributed by atoms with Crippen LogP contribution in [0.15, 0.2) is 23.3 Å². The number of rotatable bonds is 1. The smallest absolute Gasteiger partial charge is 0.155 e. The summed E-state index contributed by atoms with van der Waals surface area (Å²) in [6, 6.07) is 0. The maximum atomic E-state index is 11.8. The Morgan fingerprint density at radius 2 is 2.00 bits per heavy atom. The number of allylic oxidation sites excluding steroid dienone is 4. The Morgan fingerprint density at radius 3 is 2.74 bits per heavy atom. The van der Waals surface area contributed by atoms with E-state index >= 15 is 0 Å². The lowest BCUT2D eigenvalue weighted by Crippen LogP contribution is -2.52. The van der Waals surface area contributed by atoms with Gasteiger partial charge in [0, 0.05) is 17.3 Å². The first-order valence-corrected chi connectivity index (χ1v) is 9.12. The van der Waals surface area contributed by atoms with Crippen molar-refractivity contribution in [3.05, 3.63) is 23.3 Å². The van der Waals surface area contributed by atoms with Crippen LogP contribution in [-0.4, -0.2) is 28.2 Å². The molecule has 2 saturated carbocycles. The first-order valence-electron chi connectivity index (χ1n) is 9.12. The molecule has 0 saturated heterocycles. The summed E-state index contributed by atoms with van der Waals surface area (Å²) >= 11 is 0. The minimum Gasteiger partial charge on any atom is -0.393 e. The van der Waals surface area contributed by atoms with Crippen molar-refractivity contribution < 1.29 is 15.0 Å². The van der Waals surface area contributed by atoms with E-state index in [1.54, 1.807) is 0 Å². The molecular formula is C20H28O3. The number of carbonyl (C=O) groups is 1. The number of hydrogen-bond acceptors (Lipinski definition) is 3. The third-order valence-corrected chi connectivity index (χ3v) is 7.92. The molecule has 2 unspecified atom stereocenters. The lowest BCUT2D eigenvalue weighted by molar-refractivity contribution is -0.116. The first kappa shape index (κ1) is 15.6. The molecule has 0 heterocycles. The highest BCUT2D eigenvalue weighted by atomic mass is 16.3. The van der Waals surface area contributed by atoms with E-state index in [1.807, 2.05) is 6.08 Å². The van der Waals surface area contributed by atoms with Gasteiger partial charge in [-0.3, -0.25) is 4.79 Å². The van der Waals surface area contributed by atoms with E-state index in [9.17, 15) is 15.0 Å². The molecule has 23 heavy (non-hydrogen) atoms. The van der Waals surface area contributed by atoms with Gasteiger partial charge in [0.25, 0.3) is 0 Å². The first-order chi connectivity index (χ1) is 10.8. The lowest BCUT2D eigenvalue weighted by Gasteiger charge is -2.54. The Kier molecular flexibility index (Phi) is 3.25. The van der Waals surface area contributed by atoms with E-state index < -0.39 is 5.60 Å². The molecule has 0 aromatic heterocycles. The van der Waals surface area contributed by atoms with Crippen molar-refractivity contribution in [3.8, 4) is 0 Å². The van der Waals surface area contributed by atoms with Crippen molar-refractivity contribution in [3.63, 3.8) is 0 Å². The number of ketones is 1. The largest absolute Gasteiger partial charge is 0.393 e. The van der Waals surface area contributed by atoms with Gasteiger partial charge in [-0.1, -0.05) is 31.1 Å². The molecule has 5 atom stereocenters. The van der Waals surface area contributed by atoms with Crippen LogP contribution in [-0.2, 0) is 4.79 Å². The van der Waals surface area contributed by atoms with E-state index in [2.05, 4.69) is 19.9 Å². The summed E-state index contributed by atoms with van der Waals surface area (Å²) in [5.74, 6) is 1.24. The summed E-state index contributed by atoms with van der Waals surface area (Å²) in [5.41, 5.74) is 1.76. The summed E-state index contributed by atoms with van der Waals surface area (Å²) in [6.07, 6.45) is 10.5. The molecule has 2 N–H and O–H groups in total. The molecule has 4 aliphatic carbocycles. The Bertz CT molecular complexity index is 618. The maximum absolute atomic E-state index is 11.8. The fraction of sp³-hybridized carbons (Fsp3) is 0.750. The summed E-state index contributed by atoms with van der Waals surface area (Å²) < 4.78 is 0. The number of hydrogen-bond donors (Lipinski definition) is 2. The normalized spacial score (nSPS) is 49.0. The molecule has 0 aliphatic heterocycles. The molecule has 2 fully saturated rings. The van der Waals surface area contributed by atoms with E-state index in [4.69, 9.17) is 0 Å². The fourth-order valence-corrected chi connectivity index (χ4v) is 6.22. The Morgan fingerprint density at radius 1 is 1.22 bits per heavy atom. The average molecular weight is 316 g/mol. The van der Waals surface area contributed by atoms with Crippen molar-refractivity contribution in [1.82, 2.24) is 0 Å². The van der Waals surface area contributed by atoms with Gasteiger partial charge in [0.2, 0.25) is 0 Å². The van der Waals surface area contributed by atoms with Crippen molar-refractivity contribution in [2.24, 2.45) is 22.7 Å². The van der Waals surface area contributed by atoms with Gasteiger partial charge in [0.1, 0.15) is 0 Å². The van der Waals surface area contributed by atoms with Gasteiger partial charge in [-0.25, -0.2) is 0 Å². The van der Waals surface area contributed by atoms with Crippen LogP contribution in [0.25, 0.3) is 0 Å². The van der Waals surface area contributed by atoms with E-state index in [-0.39, 0.29) is 23.2 Å². The molecule has 0 aromatic rings. The summed E-state index contributed by atoms with van der Waals surface area (Å²) in [7, 11) is 0. The molecule has 126 valence electrons. The van der Waals surface area contributed by atoms with Crippen molar-refractivity contribution in [2.45, 2.75) is 64.4 Å². The van der Waals surface area contributed by atoms with Crippen LogP contribution >= 0.6 is 0 Å². The highest BCUT2D eigenvalue weighted by Gasteiger charge is 2.61. The van der Waals surface area contributed by atoms with Crippen LogP contribution in [0.4, 0.5) is 0 Å². The van der Waals surface area contributed by atoms with Crippen molar-refractivity contribution >= 4 is 5.78 Å². The summed E-state index contributed by atoms with van der Waals surface area (Å²) in [5, 5.41) is 20.7. The van der Waals surface area contributed by atoms with Crippen LogP contribution in [0.5, 0.6) is 0 Å². The van der Waals surface area contributed by atoms with Crippen molar-refractivity contribution in [1.29, 1.82) is 0 Å². The second kappa shape index (κ2) is 4.80. The molecule has 3 nitrogen and oxygen atoms in total. The number of carbonyl (C=O) groups excluding carboxylic acids is 1. The Labute approximate surface area is 138 Å². The zero-order valence-electron chi connectivity index (χ0n) is 14.3. The molecule has 0 aromatic carbocycles. The van der Waals surface area contributed by atoms with E-state index in [0.717, 1.165) is 32.1 Å². The molecule has 3 heteroatoms. The molecule has 4 rings (SSSR count). The Balaban J connectivity index is 1.76. The van der Waals surface area contributed by atoms with Crippen LogP contribution < -0.4 is 0 Å². The van der Waals surface area contributed by atoms with Gasteiger partial charge in [0.15, 0.2) is 5.78 Å². The average Bonchev–Trinajstić information content (AvgIpc) is 2.80. The van der Waals surface area contributed by atoms with Crippen molar-refractivity contribution in [2.75, 3.05) is 6.61 Å². The molecule has 0 amide bonds. The maximum Gasteiger partial charge on any atom is 0.155 e. The van der Waals surface area contributed by atoms with Crippen LogP contribution in [0.1, 0.15) is 58.8 Å². The van der Waals surface area contributed by atoms with E-state index in [0.29, 0.717) is 24.7 Å². The highest BCUT2D eigenvalue weighted by Crippen LogP contribution is 2.65. The highest BCUT2D eigenvalue weighted by molar-refractivity contribution is 5.92. The third kappa shape index (κ3) is 1.87. The van der Waals surface area contributed by atoms with Crippen LogP contribution in [0, 0.1) is 22.7 Å². The molecular weight excluding hydrogens is 288 g/mol. The van der Waals surface area contributed by atoms with Gasteiger partial charge in [0.05, 0.1) is 12.2 Å². The monoisotopic (exact) mass is 316 g/mol. The minimum absolute atomic E-state index is 0.0536. The molecule has 0 bridgehead atoms. The second-order valence-corrected chi connectivity index (χ2v) is 8.73. The zero-order chi connectivity index (χ0) is 16.5. The quantitative estimate of drug-likeness (QED) is 0.731. The number of fused-ring (bicyclic) bond motifs is 5. The number of aliphatic hydroxyl groups excluding tert-OH is 1. The predicted molar refractivity (Wildman–Crippen MR) is 88.7 cm³/mol. The van der Waals surface area contributed by atoms with Gasteiger partial charge >= 0.3 is 0 Å². The number of aliphatic hydroxyl groups is 2. The van der Waals surface area contributed by atoms with Gasteiger partial charge in [-0.15, -0.1) is 0 Å². The summed E-state index contributed by atoms with van der Waals surface area (Å²) in [4.78, 5) is 11.8. The van der Waals surface area contributed by atoms with Gasteiger partial charge < -0.3 is 10.2 Å². The van der Waals surface area contributed by atoms with Crippen LogP contribution in [0.2, 0.25) is 0 Å². The zero-order valence-corrected chi connectivity index (χ0v) is 14.3. The van der Waals surface area contributed by atoms with Crippen LogP contribution in [0.3, 0.4) is 0 Å². The third-order valence-electron chi connectivity index (χ3n) is 7.92. The predicted octanol–water partition coefficient (Wildman–Crippen LogP) is 3.16. The summed E-state index contributed by atoms with van der Waals surface area (Å²) in [6.45, 7) is 4.36. The minimum atomic E-state index is -0.931. The lowest BCUT2D eigenvalue weighted by atomic mass is 9.51. The van der Waals surface area contributed by atoms with E-state index in [1.165, 1.54) is 11.1 Å². The van der Waals surface area contributed by atoms with Gasteiger partial charge in [-0.2, -0.15) is 0 Å². The molecule has 4 aliphatic rings. The molecule has 0 spiro atoms.